The topological polar surface area (TPSA) is 42.7 Å². The molecular formula is C16H17N2O3+. The summed E-state index contributed by atoms with van der Waals surface area (Å²) < 4.78 is 6.63. The third-order valence-corrected chi connectivity index (χ3v) is 3.36. The van der Waals surface area contributed by atoms with Crippen LogP contribution in [0.3, 0.4) is 0 Å². The molecule has 0 unspecified atom stereocenters. The first kappa shape index (κ1) is 13.6. The van der Waals surface area contributed by atoms with Gasteiger partial charge in [0.25, 0.3) is 0 Å². The lowest BCUT2D eigenvalue weighted by atomic mass is 10.1. The zero-order valence-electron chi connectivity index (χ0n) is 11.6. The first-order valence-corrected chi connectivity index (χ1v) is 6.95. The number of aromatic nitrogens is 1. The molecule has 5 nitrogen and oxygen atoms in total. The lowest BCUT2D eigenvalue weighted by molar-refractivity contribution is -0.869. The van der Waals surface area contributed by atoms with Crippen molar-refractivity contribution in [3.63, 3.8) is 0 Å². The fraction of sp³-hybridized carbons (Fsp3) is 0.250. The molecule has 1 saturated heterocycles. The van der Waals surface area contributed by atoms with Crippen molar-refractivity contribution in [3.8, 4) is 11.1 Å². The van der Waals surface area contributed by atoms with E-state index in [-0.39, 0.29) is 6.09 Å². The van der Waals surface area contributed by atoms with Gasteiger partial charge in [0.05, 0.1) is 13.2 Å². The van der Waals surface area contributed by atoms with E-state index in [0.717, 1.165) is 11.1 Å². The van der Waals surface area contributed by atoms with Crippen molar-refractivity contribution in [2.45, 2.75) is 0 Å². The molecule has 0 bridgehead atoms. The van der Waals surface area contributed by atoms with Crippen molar-refractivity contribution >= 4 is 6.09 Å². The Kier molecular flexibility index (Phi) is 4.12. The van der Waals surface area contributed by atoms with Gasteiger partial charge >= 0.3 is 6.09 Å². The molecule has 1 fully saturated rings. The molecule has 1 amide bonds. The zero-order valence-corrected chi connectivity index (χ0v) is 11.6. The Morgan fingerprint density at radius 2 is 1.62 bits per heavy atom. The molecule has 2 aromatic rings. The molecule has 2 heterocycles. The Hall–Kier alpha value is -2.40. The average molecular weight is 285 g/mol. The van der Waals surface area contributed by atoms with Crippen molar-refractivity contribution in [2.24, 2.45) is 0 Å². The van der Waals surface area contributed by atoms with Crippen LogP contribution in [0.5, 0.6) is 0 Å². The zero-order chi connectivity index (χ0) is 14.5. The highest BCUT2D eigenvalue weighted by molar-refractivity contribution is 5.67. The van der Waals surface area contributed by atoms with Crippen LogP contribution in [0.25, 0.3) is 11.1 Å². The number of amides is 1. The molecule has 3 rings (SSSR count). The van der Waals surface area contributed by atoms with Gasteiger partial charge in [0, 0.05) is 30.0 Å². The minimum atomic E-state index is -0.351. The van der Waals surface area contributed by atoms with Crippen molar-refractivity contribution in [1.29, 1.82) is 0 Å². The quantitative estimate of drug-likeness (QED) is 0.786. The minimum Gasteiger partial charge on any atom is -0.378 e. The number of carbonyl (C=O) groups excluding carboxylic acids is 1. The number of rotatable bonds is 2. The maximum atomic E-state index is 11.9. The van der Waals surface area contributed by atoms with E-state index in [2.05, 4.69) is 0 Å². The summed E-state index contributed by atoms with van der Waals surface area (Å²) in [5.41, 5.74) is 2.21. The normalized spacial score (nSPS) is 14.8. The Morgan fingerprint density at radius 1 is 1.00 bits per heavy atom. The molecule has 21 heavy (non-hydrogen) atoms. The van der Waals surface area contributed by atoms with Gasteiger partial charge < -0.3 is 4.74 Å². The molecule has 1 aromatic carbocycles. The van der Waals surface area contributed by atoms with Crippen LogP contribution >= 0.6 is 0 Å². The van der Waals surface area contributed by atoms with Gasteiger partial charge in [0.15, 0.2) is 0 Å². The standard InChI is InChI=1S/C16H17N2O3/c19-16(17-10-12-20-13-11-17)21-18-8-6-15(7-9-18)14-4-2-1-3-5-14/h1-9H,10-13H2/q+1. The number of hydrogen-bond acceptors (Lipinski definition) is 3. The van der Waals surface area contributed by atoms with Crippen LogP contribution in [0.4, 0.5) is 4.79 Å². The summed E-state index contributed by atoms with van der Waals surface area (Å²) in [5.74, 6) is 0. The van der Waals surface area contributed by atoms with E-state index in [1.807, 2.05) is 42.5 Å². The van der Waals surface area contributed by atoms with Gasteiger partial charge in [-0.1, -0.05) is 30.3 Å². The van der Waals surface area contributed by atoms with E-state index < -0.39 is 0 Å². The summed E-state index contributed by atoms with van der Waals surface area (Å²) in [7, 11) is 0. The van der Waals surface area contributed by atoms with Crippen molar-refractivity contribution in [1.82, 2.24) is 4.90 Å². The van der Waals surface area contributed by atoms with Crippen LogP contribution in [-0.4, -0.2) is 37.3 Å². The maximum absolute atomic E-state index is 11.9. The Morgan fingerprint density at radius 3 is 2.29 bits per heavy atom. The van der Waals surface area contributed by atoms with E-state index in [1.165, 1.54) is 4.73 Å². The van der Waals surface area contributed by atoms with Gasteiger partial charge in [-0.2, -0.15) is 4.84 Å². The third-order valence-electron chi connectivity index (χ3n) is 3.36. The van der Waals surface area contributed by atoms with Gasteiger partial charge in [-0.3, -0.25) is 4.90 Å². The first-order valence-electron chi connectivity index (χ1n) is 6.95. The summed E-state index contributed by atoms with van der Waals surface area (Å²) in [4.78, 5) is 18.9. The number of nitrogens with zero attached hydrogens (tertiary/aromatic N) is 2. The van der Waals surface area contributed by atoms with Crippen LogP contribution in [-0.2, 0) is 4.74 Å². The smallest absolute Gasteiger partial charge is 0.378 e. The summed E-state index contributed by atoms with van der Waals surface area (Å²) in [6.45, 7) is 2.27. The Labute approximate surface area is 123 Å². The maximum Gasteiger partial charge on any atom is 0.478 e. The van der Waals surface area contributed by atoms with Gasteiger partial charge in [-0.25, -0.2) is 4.79 Å². The first-order chi connectivity index (χ1) is 10.3. The fourth-order valence-corrected chi connectivity index (χ4v) is 2.19. The van der Waals surface area contributed by atoms with Crippen LogP contribution in [0.15, 0.2) is 54.9 Å². The number of hydrogen-bond donors (Lipinski definition) is 0. The van der Waals surface area contributed by atoms with E-state index >= 15 is 0 Å². The second kappa shape index (κ2) is 6.37. The highest BCUT2D eigenvalue weighted by atomic mass is 16.7. The summed E-state index contributed by atoms with van der Waals surface area (Å²) in [5, 5.41) is 0. The molecule has 1 aliphatic rings. The fourth-order valence-electron chi connectivity index (χ4n) is 2.19. The molecule has 0 spiro atoms. The molecular weight excluding hydrogens is 268 g/mol. The molecule has 1 aromatic heterocycles. The summed E-state index contributed by atoms with van der Waals surface area (Å²) in [6, 6.07) is 13.9. The third kappa shape index (κ3) is 3.38. The molecule has 0 atom stereocenters. The van der Waals surface area contributed by atoms with Gasteiger partial charge in [-0.05, 0) is 11.1 Å². The summed E-state index contributed by atoms with van der Waals surface area (Å²) >= 11 is 0. The van der Waals surface area contributed by atoms with E-state index in [1.54, 1.807) is 17.3 Å². The SMILES string of the molecule is O=C(O[n+]1ccc(-c2ccccc2)cc1)N1CCOCC1. The van der Waals surface area contributed by atoms with Crippen molar-refractivity contribution in [3.05, 3.63) is 54.9 Å². The van der Waals surface area contributed by atoms with Crippen LogP contribution in [0, 0.1) is 0 Å². The van der Waals surface area contributed by atoms with E-state index in [4.69, 9.17) is 9.57 Å². The highest BCUT2D eigenvalue weighted by Gasteiger charge is 2.22. The number of ether oxygens (including phenoxy) is 1. The van der Waals surface area contributed by atoms with Gasteiger partial charge in [-0.15, -0.1) is 0 Å². The minimum absolute atomic E-state index is 0.351. The molecule has 108 valence electrons. The van der Waals surface area contributed by atoms with Crippen LogP contribution < -0.4 is 9.57 Å². The lowest BCUT2D eigenvalue weighted by Gasteiger charge is -2.23. The van der Waals surface area contributed by atoms with Crippen molar-refractivity contribution < 1.29 is 19.1 Å². The Bertz CT molecular complexity index is 593. The molecule has 1 aliphatic heterocycles. The van der Waals surface area contributed by atoms with E-state index in [9.17, 15) is 4.79 Å². The largest absolute Gasteiger partial charge is 0.478 e. The average Bonchev–Trinajstić information content (AvgIpc) is 2.57. The molecule has 0 N–H and O–H groups in total. The molecule has 5 heteroatoms. The number of pyridine rings is 1. The molecule has 0 aliphatic carbocycles. The Balaban J connectivity index is 1.65. The van der Waals surface area contributed by atoms with E-state index in [0.29, 0.717) is 26.3 Å². The molecule has 0 saturated carbocycles. The second-order valence-electron chi connectivity index (χ2n) is 4.77. The number of morpholine rings is 1. The predicted molar refractivity (Wildman–Crippen MR) is 76.4 cm³/mol. The second-order valence-corrected chi connectivity index (χ2v) is 4.77. The van der Waals surface area contributed by atoms with Gasteiger partial charge in [0.1, 0.15) is 0 Å². The summed E-state index contributed by atoms with van der Waals surface area (Å²) in [6.07, 6.45) is 3.12. The number of carbonyl (C=O) groups is 1. The predicted octanol–water partition coefficient (Wildman–Crippen LogP) is 1.52. The van der Waals surface area contributed by atoms with Crippen molar-refractivity contribution in [2.75, 3.05) is 26.3 Å². The molecule has 0 radical (unpaired) electrons. The number of benzene rings is 1. The lowest BCUT2D eigenvalue weighted by Crippen LogP contribution is -2.52. The highest BCUT2D eigenvalue weighted by Crippen LogP contribution is 2.16. The van der Waals surface area contributed by atoms with Gasteiger partial charge in [0.2, 0.25) is 12.4 Å². The van der Waals surface area contributed by atoms with Crippen LogP contribution in [0.2, 0.25) is 0 Å². The monoisotopic (exact) mass is 285 g/mol. The van der Waals surface area contributed by atoms with Crippen LogP contribution in [0.1, 0.15) is 0 Å².